The van der Waals surface area contributed by atoms with E-state index >= 15 is 0 Å². The zero-order chi connectivity index (χ0) is 20.6. The third kappa shape index (κ3) is 3.83. The number of nitrogens with zero attached hydrogens (tertiary/aromatic N) is 3. The topological polar surface area (TPSA) is 83.7 Å². The van der Waals surface area contributed by atoms with Gasteiger partial charge in [0.15, 0.2) is 11.6 Å². The lowest BCUT2D eigenvalue weighted by molar-refractivity contribution is 0.0786. The van der Waals surface area contributed by atoms with Crippen LogP contribution in [0.1, 0.15) is 59.3 Å². The number of rotatable bonds is 4. The summed E-state index contributed by atoms with van der Waals surface area (Å²) in [5.74, 6) is 1.07. The highest BCUT2D eigenvalue weighted by Gasteiger charge is 2.34. The Morgan fingerprint density at radius 3 is 2.38 bits per heavy atom. The number of hydrogen-bond donors (Lipinski definition) is 0. The van der Waals surface area contributed by atoms with Gasteiger partial charge >= 0.3 is 0 Å². The number of amides is 1. The van der Waals surface area contributed by atoms with Crippen molar-refractivity contribution in [3.63, 3.8) is 0 Å². The molecule has 29 heavy (non-hydrogen) atoms. The maximum Gasteiger partial charge on any atom is 0.276 e. The van der Waals surface area contributed by atoms with E-state index in [0.717, 1.165) is 31.5 Å². The van der Waals surface area contributed by atoms with Gasteiger partial charge in [-0.25, -0.2) is 13.4 Å². The van der Waals surface area contributed by atoms with Crippen LogP contribution in [0.4, 0.5) is 0 Å². The van der Waals surface area contributed by atoms with Crippen LogP contribution >= 0.6 is 0 Å². The van der Waals surface area contributed by atoms with Crippen molar-refractivity contribution in [2.24, 2.45) is 0 Å². The molecule has 0 N–H and O–H groups in total. The minimum absolute atomic E-state index is 0.0251. The molecule has 0 radical (unpaired) electrons. The minimum Gasteiger partial charge on any atom is -0.445 e. The van der Waals surface area contributed by atoms with E-state index in [-0.39, 0.29) is 11.8 Å². The maximum absolute atomic E-state index is 13.0. The standard InChI is InChI=1S/C21H27N3O4S/c1-15-7-3-4-8-18(15)29(26,27)24-13-9-17(10-14-24)20-22-19(16(2)28-20)21(25)23-11-5-6-12-23/h3-4,7-8,17H,5-6,9-14H2,1-2H3. The molecule has 0 saturated carbocycles. The maximum atomic E-state index is 13.0. The van der Waals surface area contributed by atoms with Gasteiger partial charge in [0.1, 0.15) is 5.76 Å². The SMILES string of the molecule is Cc1ccccc1S(=O)(=O)N1CCC(c2nc(C(=O)N3CCCC3)c(C)o2)CC1. The van der Waals surface area contributed by atoms with Gasteiger partial charge < -0.3 is 9.32 Å². The Balaban J connectivity index is 1.46. The Morgan fingerprint density at radius 2 is 1.72 bits per heavy atom. The fraction of sp³-hybridized carbons (Fsp3) is 0.524. The second-order valence-corrected chi connectivity index (χ2v) is 9.81. The first kappa shape index (κ1) is 20.1. The van der Waals surface area contributed by atoms with Gasteiger partial charge in [-0.05, 0) is 51.2 Å². The van der Waals surface area contributed by atoms with Crippen LogP contribution in [-0.2, 0) is 10.0 Å². The van der Waals surface area contributed by atoms with E-state index in [1.807, 2.05) is 24.0 Å². The van der Waals surface area contributed by atoms with Crippen molar-refractivity contribution in [2.45, 2.75) is 50.3 Å². The van der Waals surface area contributed by atoms with Gasteiger partial charge in [0.2, 0.25) is 10.0 Å². The molecule has 1 aromatic carbocycles. The van der Waals surface area contributed by atoms with Crippen LogP contribution in [0, 0.1) is 13.8 Å². The number of sulfonamides is 1. The summed E-state index contributed by atoms with van der Waals surface area (Å²) in [7, 11) is -3.50. The molecule has 2 aliphatic heterocycles. The molecule has 2 aromatic rings. The van der Waals surface area contributed by atoms with Crippen LogP contribution in [0.3, 0.4) is 0 Å². The molecule has 7 nitrogen and oxygen atoms in total. The fourth-order valence-electron chi connectivity index (χ4n) is 4.19. The molecule has 3 heterocycles. The number of hydrogen-bond acceptors (Lipinski definition) is 5. The van der Waals surface area contributed by atoms with Crippen molar-refractivity contribution >= 4 is 15.9 Å². The molecule has 0 aliphatic carbocycles. The second-order valence-electron chi connectivity index (χ2n) is 7.90. The lowest BCUT2D eigenvalue weighted by atomic mass is 9.98. The highest BCUT2D eigenvalue weighted by molar-refractivity contribution is 7.89. The summed E-state index contributed by atoms with van der Waals surface area (Å²) >= 11 is 0. The molecular formula is C21H27N3O4S. The summed E-state index contributed by atoms with van der Waals surface area (Å²) in [5, 5.41) is 0. The number of aryl methyl sites for hydroxylation is 2. The summed E-state index contributed by atoms with van der Waals surface area (Å²) in [6.45, 7) is 5.97. The van der Waals surface area contributed by atoms with Gasteiger partial charge in [-0.1, -0.05) is 18.2 Å². The number of likely N-dealkylation sites (tertiary alicyclic amines) is 1. The van der Waals surface area contributed by atoms with Gasteiger partial charge in [-0.3, -0.25) is 4.79 Å². The molecule has 0 bridgehead atoms. The van der Waals surface area contributed by atoms with Crippen LogP contribution in [0.5, 0.6) is 0 Å². The van der Waals surface area contributed by atoms with Crippen LogP contribution in [0.2, 0.25) is 0 Å². The van der Waals surface area contributed by atoms with Crippen molar-refractivity contribution in [3.05, 3.63) is 47.2 Å². The molecule has 0 atom stereocenters. The molecule has 8 heteroatoms. The Hall–Kier alpha value is -2.19. The van der Waals surface area contributed by atoms with E-state index in [1.165, 1.54) is 4.31 Å². The number of carbonyl (C=O) groups is 1. The predicted molar refractivity (Wildman–Crippen MR) is 108 cm³/mol. The van der Waals surface area contributed by atoms with Crippen LogP contribution < -0.4 is 0 Å². The van der Waals surface area contributed by atoms with E-state index in [2.05, 4.69) is 4.98 Å². The largest absolute Gasteiger partial charge is 0.445 e. The van der Waals surface area contributed by atoms with Crippen LogP contribution in [0.25, 0.3) is 0 Å². The Labute approximate surface area is 171 Å². The summed E-state index contributed by atoms with van der Waals surface area (Å²) in [6.07, 6.45) is 3.32. The number of piperidine rings is 1. The first-order chi connectivity index (χ1) is 13.9. The van der Waals surface area contributed by atoms with Crippen molar-refractivity contribution in [1.29, 1.82) is 0 Å². The van der Waals surface area contributed by atoms with Gasteiger partial charge in [-0.15, -0.1) is 0 Å². The van der Waals surface area contributed by atoms with Crippen molar-refractivity contribution < 1.29 is 17.6 Å². The smallest absolute Gasteiger partial charge is 0.276 e. The molecule has 4 rings (SSSR count). The summed E-state index contributed by atoms with van der Waals surface area (Å²) < 4.78 is 33.3. The molecule has 156 valence electrons. The lowest BCUT2D eigenvalue weighted by Gasteiger charge is -2.30. The molecule has 2 fully saturated rings. The average Bonchev–Trinajstić information content (AvgIpc) is 3.38. The summed E-state index contributed by atoms with van der Waals surface area (Å²) in [4.78, 5) is 19.4. The highest BCUT2D eigenvalue weighted by atomic mass is 32.2. The number of carbonyl (C=O) groups excluding carboxylic acids is 1. The fourth-order valence-corrected chi connectivity index (χ4v) is 5.88. The first-order valence-corrected chi connectivity index (χ1v) is 11.6. The zero-order valence-corrected chi connectivity index (χ0v) is 17.7. The normalized spacial score (nSPS) is 19.0. The summed E-state index contributed by atoms with van der Waals surface area (Å²) in [5.41, 5.74) is 1.15. The van der Waals surface area contributed by atoms with E-state index in [9.17, 15) is 13.2 Å². The van der Waals surface area contributed by atoms with Gasteiger partial charge in [0.05, 0.1) is 4.90 Å². The molecule has 1 amide bonds. The van der Waals surface area contributed by atoms with Gasteiger partial charge in [-0.2, -0.15) is 4.31 Å². The minimum atomic E-state index is -3.50. The monoisotopic (exact) mass is 417 g/mol. The molecule has 0 spiro atoms. The van der Waals surface area contributed by atoms with E-state index in [1.54, 1.807) is 19.1 Å². The van der Waals surface area contributed by atoms with Crippen molar-refractivity contribution in [2.75, 3.05) is 26.2 Å². The van der Waals surface area contributed by atoms with Crippen LogP contribution in [-0.4, -0.2) is 54.7 Å². The Bertz CT molecular complexity index is 1000. The number of aromatic nitrogens is 1. The van der Waals surface area contributed by atoms with Crippen LogP contribution in [0.15, 0.2) is 33.6 Å². The number of benzene rings is 1. The molecule has 1 aromatic heterocycles. The summed E-state index contributed by atoms with van der Waals surface area (Å²) in [6, 6.07) is 7.06. The van der Waals surface area contributed by atoms with Crippen molar-refractivity contribution in [1.82, 2.24) is 14.2 Å². The lowest BCUT2D eigenvalue weighted by Crippen LogP contribution is -2.38. The van der Waals surface area contributed by atoms with E-state index in [0.29, 0.717) is 48.2 Å². The Kier molecular flexibility index (Phi) is 5.48. The first-order valence-electron chi connectivity index (χ1n) is 10.2. The Morgan fingerprint density at radius 1 is 1.07 bits per heavy atom. The van der Waals surface area contributed by atoms with Gasteiger partial charge in [0, 0.05) is 32.1 Å². The van der Waals surface area contributed by atoms with Gasteiger partial charge in [0.25, 0.3) is 5.91 Å². The molecule has 2 saturated heterocycles. The quantitative estimate of drug-likeness (QED) is 0.763. The average molecular weight is 418 g/mol. The highest BCUT2D eigenvalue weighted by Crippen LogP contribution is 2.32. The number of oxazole rings is 1. The molecule has 0 unspecified atom stereocenters. The third-order valence-corrected chi connectivity index (χ3v) is 7.98. The predicted octanol–water partition coefficient (Wildman–Crippen LogP) is 3.10. The van der Waals surface area contributed by atoms with E-state index in [4.69, 9.17) is 4.42 Å². The van der Waals surface area contributed by atoms with Crippen molar-refractivity contribution in [3.8, 4) is 0 Å². The molecule has 2 aliphatic rings. The second kappa shape index (κ2) is 7.91. The zero-order valence-electron chi connectivity index (χ0n) is 16.9. The third-order valence-electron chi connectivity index (χ3n) is 5.92. The molecular weight excluding hydrogens is 390 g/mol. The van der Waals surface area contributed by atoms with E-state index < -0.39 is 10.0 Å².